The lowest BCUT2D eigenvalue weighted by molar-refractivity contribution is 0.315. The van der Waals surface area contributed by atoms with Gasteiger partial charge in [0.05, 0.1) is 22.8 Å². The van der Waals surface area contributed by atoms with Crippen LogP contribution in [-0.4, -0.2) is 37.3 Å². The molecule has 0 radical (unpaired) electrons. The molecule has 8 rings (SSSR count). The first-order chi connectivity index (χ1) is 21.7. The van der Waals surface area contributed by atoms with E-state index in [1.807, 2.05) is 83.8 Å². The van der Waals surface area contributed by atoms with Crippen LogP contribution in [0.4, 0.5) is 11.4 Å². The highest BCUT2D eigenvalue weighted by Gasteiger charge is 2.31. The molecule has 7 aromatic rings. The molecular weight excluding hydrogens is 554 g/mol. The minimum atomic E-state index is 0.0500. The van der Waals surface area contributed by atoms with E-state index in [1.54, 1.807) is 12.1 Å². The van der Waals surface area contributed by atoms with E-state index in [9.17, 15) is 5.21 Å². The second kappa shape index (κ2) is 10.1. The van der Waals surface area contributed by atoms with Crippen molar-refractivity contribution >= 4 is 61.2 Å². The average Bonchev–Trinajstić information content (AvgIpc) is 3.76. The monoisotopic (exact) mass is 575 g/mol. The molecule has 10 heteroatoms. The Morgan fingerprint density at radius 2 is 1.39 bits per heavy atom. The van der Waals surface area contributed by atoms with Gasteiger partial charge in [0, 0.05) is 11.1 Å². The van der Waals surface area contributed by atoms with Crippen LogP contribution in [-0.2, 0) is 0 Å². The number of allylic oxidation sites excluding steroid dienone is 4. The van der Waals surface area contributed by atoms with Gasteiger partial charge < -0.3 is 10.1 Å². The van der Waals surface area contributed by atoms with E-state index in [-0.39, 0.29) is 11.4 Å². The SMILES string of the molecule is N=C1C(c2ccccc2)=CC=C(N(c2cccc3nonc23)c2ccc(-c3ccc4ccccc4c3)c3nonc23)/C1=N/O. The fraction of sp³-hybridized carbons (Fsp3) is 0. The molecule has 0 atom stereocenters. The van der Waals surface area contributed by atoms with Crippen LogP contribution in [0, 0.1) is 5.41 Å². The van der Waals surface area contributed by atoms with Crippen LogP contribution in [0.15, 0.2) is 135 Å². The van der Waals surface area contributed by atoms with Crippen molar-refractivity contribution in [1.82, 2.24) is 20.6 Å². The number of aromatic nitrogens is 4. The van der Waals surface area contributed by atoms with Crippen LogP contribution in [0.1, 0.15) is 5.56 Å². The lowest BCUT2D eigenvalue weighted by Gasteiger charge is -2.30. The minimum absolute atomic E-state index is 0.0500. The molecule has 5 aromatic carbocycles. The van der Waals surface area contributed by atoms with Crippen LogP contribution in [0.5, 0.6) is 0 Å². The quantitative estimate of drug-likeness (QED) is 0.122. The summed E-state index contributed by atoms with van der Waals surface area (Å²) in [4.78, 5) is 1.81. The Morgan fingerprint density at radius 3 is 2.25 bits per heavy atom. The Bertz CT molecular complexity index is 2330. The predicted molar refractivity (Wildman–Crippen MR) is 168 cm³/mol. The van der Waals surface area contributed by atoms with Gasteiger partial charge in [-0.15, -0.1) is 0 Å². The van der Waals surface area contributed by atoms with Gasteiger partial charge in [-0.05, 0) is 85.0 Å². The number of hydrogen-bond donors (Lipinski definition) is 2. The summed E-state index contributed by atoms with van der Waals surface area (Å²) in [5, 5.41) is 42.0. The molecular formula is C34H21N7O3. The maximum absolute atomic E-state index is 10.3. The van der Waals surface area contributed by atoms with E-state index < -0.39 is 0 Å². The van der Waals surface area contributed by atoms with Gasteiger partial charge in [-0.2, -0.15) is 0 Å². The molecule has 1 aliphatic rings. The molecule has 210 valence electrons. The normalized spacial score (nSPS) is 14.4. The third-order valence-electron chi connectivity index (χ3n) is 7.78. The number of fused-ring (bicyclic) bond motifs is 3. The summed E-state index contributed by atoms with van der Waals surface area (Å²) < 4.78 is 10.4. The van der Waals surface area contributed by atoms with Crippen LogP contribution in [0.3, 0.4) is 0 Å². The summed E-state index contributed by atoms with van der Waals surface area (Å²) in [5.74, 6) is 0. The Hall–Kier alpha value is -6.42. The Kier molecular flexibility index (Phi) is 5.83. The van der Waals surface area contributed by atoms with E-state index in [1.165, 1.54) is 0 Å². The average molecular weight is 576 g/mol. The lowest BCUT2D eigenvalue weighted by Crippen LogP contribution is -2.31. The van der Waals surface area contributed by atoms with Crippen LogP contribution < -0.4 is 4.90 Å². The summed E-state index contributed by atoms with van der Waals surface area (Å²) in [5.41, 5.74) is 6.90. The predicted octanol–water partition coefficient (Wildman–Crippen LogP) is 7.55. The number of anilines is 2. The molecule has 0 saturated carbocycles. The summed E-state index contributed by atoms with van der Waals surface area (Å²) in [7, 11) is 0. The first-order valence-corrected chi connectivity index (χ1v) is 13.8. The second-order valence-corrected chi connectivity index (χ2v) is 10.2. The molecule has 0 spiro atoms. The van der Waals surface area contributed by atoms with Gasteiger partial charge in [-0.3, -0.25) is 5.41 Å². The number of benzene rings is 5. The van der Waals surface area contributed by atoms with Crippen molar-refractivity contribution in [3.05, 3.63) is 127 Å². The maximum Gasteiger partial charge on any atom is 0.159 e. The fourth-order valence-electron chi connectivity index (χ4n) is 5.71. The lowest BCUT2D eigenvalue weighted by atomic mass is 9.91. The summed E-state index contributed by atoms with van der Waals surface area (Å²) in [6, 6.07) is 33.2. The third-order valence-corrected chi connectivity index (χ3v) is 7.78. The van der Waals surface area contributed by atoms with Crippen molar-refractivity contribution in [3.8, 4) is 11.1 Å². The summed E-state index contributed by atoms with van der Waals surface area (Å²) in [6.45, 7) is 0. The highest BCUT2D eigenvalue weighted by atomic mass is 16.6. The van der Waals surface area contributed by atoms with Gasteiger partial charge in [-0.25, -0.2) is 9.26 Å². The zero-order chi connectivity index (χ0) is 29.6. The molecule has 2 N–H and O–H groups in total. The van der Waals surface area contributed by atoms with Gasteiger partial charge in [0.1, 0.15) is 11.0 Å². The number of oxime groups is 1. The molecule has 0 fully saturated rings. The van der Waals surface area contributed by atoms with Gasteiger partial charge in [0.25, 0.3) is 0 Å². The number of nitrogens with zero attached hydrogens (tertiary/aromatic N) is 6. The summed E-state index contributed by atoms with van der Waals surface area (Å²) in [6.07, 6.45) is 3.63. The van der Waals surface area contributed by atoms with Crippen LogP contribution in [0.2, 0.25) is 0 Å². The Balaban J connectivity index is 1.36. The second-order valence-electron chi connectivity index (χ2n) is 10.2. The van der Waals surface area contributed by atoms with Crippen molar-refractivity contribution in [2.24, 2.45) is 5.16 Å². The zero-order valence-corrected chi connectivity index (χ0v) is 22.9. The standard InChI is InChI=1S/C34H21N7O3/c35-30-24(21-8-2-1-3-9-21)15-17-28(33(30)36-42)41(27-12-6-11-26-32(27)39-43-37-26)29-18-16-25(31-34(29)40-44-38-31)23-14-13-20-7-4-5-10-22(20)19-23/h1-19,35,42H/b35-30?,36-33-. The maximum atomic E-state index is 10.3. The summed E-state index contributed by atoms with van der Waals surface area (Å²) >= 11 is 0. The zero-order valence-electron chi connectivity index (χ0n) is 22.9. The first kappa shape index (κ1) is 25.3. The van der Waals surface area contributed by atoms with E-state index in [0.29, 0.717) is 44.7 Å². The molecule has 1 aliphatic carbocycles. The molecule has 44 heavy (non-hydrogen) atoms. The van der Waals surface area contributed by atoms with Crippen LogP contribution in [0.25, 0.3) is 49.5 Å². The first-order valence-electron chi connectivity index (χ1n) is 13.8. The molecule has 0 saturated heterocycles. The molecule has 10 nitrogen and oxygen atoms in total. The molecule has 0 unspecified atom stereocenters. The van der Waals surface area contributed by atoms with Gasteiger partial charge >= 0.3 is 0 Å². The number of hydrogen-bond acceptors (Lipinski definition) is 10. The van der Waals surface area contributed by atoms with E-state index in [2.05, 4.69) is 50.0 Å². The van der Waals surface area contributed by atoms with E-state index in [0.717, 1.165) is 27.5 Å². The van der Waals surface area contributed by atoms with Gasteiger partial charge in [-0.1, -0.05) is 78.0 Å². The molecule has 2 heterocycles. The molecule has 0 bridgehead atoms. The van der Waals surface area contributed by atoms with Crippen molar-refractivity contribution in [2.75, 3.05) is 4.90 Å². The van der Waals surface area contributed by atoms with Crippen molar-refractivity contribution in [2.45, 2.75) is 0 Å². The molecule has 2 aromatic heterocycles. The Labute approximate surface area is 249 Å². The van der Waals surface area contributed by atoms with Crippen molar-refractivity contribution in [1.29, 1.82) is 5.41 Å². The van der Waals surface area contributed by atoms with Crippen LogP contribution >= 0.6 is 0 Å². The number of rotatable bonds is 5. The van der Waals surface area contributed by atoms with Crippen molar-refractivity contribution < 1.29 is 14.5 Å². The third kappa shape index (κ3) is 3.97. The fourth-order valence-corrected chi connectivity index (χ4v) is 5.71. The smallest absolute Gasteiger partial charge is 0.159 e. The highest BCUT2D eigenvalue weighted by Crippen LogP contribution is 2.42. The highest BCUT2D eigenvalue weighted by molar-refractivity contribution is 6.62. The van der Waals surface area contributed by atoms with Gasteiger partial charge in [0.2, 0.25) is 0 Å². The van der Waals surface area contributed by atoms with E-state index >= 15 is 0 Å². The molecule has 0 amide bonds. The largest absolute Gasteiger partial charge is 0.410 e. The Morgan fingerprint density at radius 1 is 0.636 bits per heavy atom. The molecule has 0 aliphatic heterocycles. The van der Waals surface area contributed by atoms with Gasteiger partial charge in [0.15, 0.2) is 16.7 Å². The minimum Gasteiger partial charge on any atom is -0.410 e. The van der Waals surface area contributed by atoms with Crippen molar-refractivity contribution in [3.63, 3.8) is 0 Å². The topological polar surface area (TPSA) is 138 Å². The van der Waals surface area contributed by atoms with E-state index in [4.69, 9.17) is 14.7 Å². The number of nitrogens with one attached hydrogen (secondary N) is 1.